The fourth-order valence-electron chi connectivity index (χ4n) is 4.90. The molecule has 1 amide bonds. The molecule has 2 atom stereocenters. The predicted molar refractivity (Wildman–Crippen MR) is 130 cm³/mol. The third kappa shape index (κ3) is 4.08. The SMILES string of the molecule is CC(CN1c2ccccc2C(=O)NC1c1ccccc1)N1CCN(c2ccccc2)CC1. The Kier molecular flexibility index (Phi) is 5.82. The molecule has 0 saturated carbocycles. The van der Waals surface area contributed by atoms with Crippen LogP contribution >= 0.6 is 0 Å². The standard InChI is InChI=1S/C27H30N4O/c1-21(29-16-18-30(19-17-29)23-12-6-3-7-13-23)20-31-25-15-9-8-14-24(25)27(32)28-26(31)22-10-4-2-5-11-22/h2-15,21,26H,16-20H2,1H3,(H,28,32). The van der Waals surface area contributed by atoms with Crippen LogP contribution in [0, 0.1) is 0 Å². The van der Waals surface area contributed by atoms with E-state index in [1.54, 1.807) is 0 Å². The molecule has 1 N–H and O–H groups in total. The van der Waals surface area contributed by atoms with Gasteiger partial charge in [0.05, 0.1) is 11.3 Å². The molecular formula is C27H30N4O. The zero-order valence-corrected chi connectivity index (χ0v) is 18.5. The Morgan fingerprint density at radius 2 is 1.47 bits per heavy atom. The van der Waals surface area contributed by atoms with E-state index in [0.29, 0.717) is 6.04 Å². The third-order valence-electron chi connectivity index (χ3n) is 6.67. The van der Waals surface area contributed by atoms with Gasteiger partial charge in [-0.05, 0) is 36.8 Å². The number of hydrogen-bond acceptors (Lipinski definition) is 4. The molecular weight excluding hydrogens is 396 g/mol. The van der Waals surface area contributed by atoms with Crippen molar-refractivity contribution >= 4 is 17.3 Å². The Balaban J connectivity index is 1.34. The molecule has 5 nitrogen and oxygen atoms in total. The molecule has 0 spiro atoms. The number of rotatable bonds is 5. The van der Waals surface area contributed by atoms with Gasteiger partial charge in [-0.3, -0.25) is 9.69 Å². The van der Waals surface area contributed by atoms with Crippen LogP contribution in [0.15, 0.2) is 84.9 Å². The monoisotopic (exact) mass is 426 g/mol. The summed E-state index contributed by atoms with van der Waals surface area (Å²) >= 11 is 0. The number of carbonyl (C=O) groups is 1. The summed E-state index contributed by atoms with van der Waals surface area (Å²) in [5.41, 5.74) is 4.17. The van der Waals surface area contributed by atoms with Crippen molar-refractivity contribution in [3.05, 3.63) is 96.1 Å². The molecule has 32 heavy (non-hydrogen) atoms. The molecule has 5 rings (SSSR count). The van der Waals surface area contributed by atoms with Gasteiger partial charge in [0.15, 0.2) is 0 Å². The maximum absolute atomic E-state index is 12.8. The zero-order chi connectivity index (χ0) is 21.9. The van der Waals surface area contributed by atoms with Crippen LogP contribution in [0.1, 0.15) is 29.0 Å². The predicted octanol–water partition coefficient (Wildman–Crippen LogP) is 4.15. The van der Waals surface area contributed by atoms with Crippen molar-refractivity contribution in [1.82, 2.24) is 10.2 Å². The summed E-state index contributed by atoms with van der Waals surface area (Å²) in [4.78, 5) is 20.2. The molecule has 0 aromatic heterocycles. The molecule has 3 aromatic carbocycles. The summed E-state index contributed by atoms with van der Waals surface area (Å²) < 4.78 is 0. The van der Waals surface area contributed by atoms with E-state index in [9.17, 15) is 4.79 Å². The minimum Gasteiger partial charge on any atom is -0.369 e. The highest BCUT2D eigenvalue weighted by Crippen LogP contribution is 2.33. The van der Waals surface area contributed by atoms with Gasteiger partial charge < -0.3 is 15.1 Å². The van der Waals surface area contributed by atoms with Gasteiger partial charge in [0.1, 0.15) is 6.17 Å². The summed E-state index contributed by atoms with van der Waals surface area (Å²) in [6, 6.07) is 29.3. The van der Waals surface area contributed by atoms with Crippen molar-refractivity contribution < 1.29 is 4.79 Å². The molecule has 2 aliphatic heterocycles. The molecule has 0 aliphatic carbocycles. The Bertz CT molecular complexity index is 1050. The number of amides is 1. The van der Waals surface area contributed by atoms with E-state index < -0.39 is 0 Å². The van der Waals surface area contributed by atoms with E-state index in [-0.39, 0.29) is 12.1 Å². The quantitative estimate of drug-likeness (QED) is 0.665. The van der Waals surface area contributed by atoms with E-state index in [1.807, 2.05) is 36.4 Å². The lowest BCUT2D eigenvalue weighted by Gasteiger charge is -2.44. The Morgan fingerprint density at radius 3 is 2.19 bits per heavy atom. The second kappa shape index (κ2) is 9.05. The summed E-state index contributed by atoms with van der Waals surface area (Å²) in [5, 5.41) is 3.24. The molecule has 2 heterocycles. The smallest absolute Gasteiger partial charge is 0.255 e. The maximum atomic E-state index is 12.8. The number of piperazine rings is 1. The summed E-state index contributed by atoms with van der Waals surface area (Å²) in [7, 11) is 0. The van der Waals surface area contributed by atoms with Crippen molar-refractivity contribution in [1.29, 1.82) is 0 Å². The Labute approximate surface area is 190 Å². The molecule has 1 fully saturated rings. The molecule has 3 aromatic rings. The van der Waals surface area contributed by atoms with E-state index in [1.165, 1.54) is 5.69 Å². The first kappa shape index (κ1) is 20.6. The van der Waals surface area contributed by atoms with Gasteiger partial charge in [-0.25, -0.2) is 0 Å². The minimum atomic E-state index is -0.161. The zero-order valence-electron chi connectivity index (χ0n) is 18.5. The number of fused-ring (bicyclic) bond motifs is 1. The maximum Gasteiger partial charge on any atom is 0.255 e. The average molecular weight is 427 g/mol. The molecule has 5 heteroatoms. The highest BCUT2D eigenvalue weighted by molar-refractivity contribution is 6.02. The fraction of sp³-hybridized carbons (Fsp3) is 0.296. The molecule has 2 aliphatic rings. The summed E-state index contributed by atoms with van der Waals surface area (Å²) in [6.07, 6.45) is -0.161. The van der Waals surface area contributed by atoms with Gasteiger partial charge in [0.2, 0.25) is 0 Å². The first-order valence-corrected chi connectivity index (χ1v) is 11.5. The van der Waals surface area contributed by atoms with Gasteiger partial charge in [-0.15, -0.1) is 0 Å². The number of para-hydroxylation sites is 2. The van der Waals surface area contributed by atoms with E-state index in [4.69, 9.17) is 0 Å². The molecule has 0 radical (unpaired) electrons. The van der Waals surface area contributed by atoms with E-state index in [0.717, 1.165) is 49.5 Å². The normalized spacial score (nSPS) is 19.9. The van der Waals surface area contributed by atoms with Crippen LogP contribution in [0.5, 0.6) is 0 Å². The second-order valence-electron chi connectivity index (χ2n) is 8.66. The first-order chi connectivity index (χ1) is 15.7. The van der Waals surface area contributed by atoms with Gasteiger partial charge in [-0.2, -0.15) is 0 Å². The van der Waals surface area contributed by atoms with Gasteiger partial charge >= 0.3 is 0 Å². The van der Waals surface area contributed by atoms with Gasteiger partial charge in [0, 0.05) is 44.5 Å². The van der Waals surface area contributed by atoms with Crippen LogP contribution in [0.4, 0.5) is 11.4 Å². The Morgan fingerprint density at radius 1 is 0.844 bits per heavy atom. The van der Waals surface area contributed by atoms with Crippen LogP contribution in [0.25, 0.3) is 0 Å². The van der Waals surface area contributed by atoms with Crippen molar-refractivity contribution in [3.8, 4) is 0 Å². The molecule has 164 valence electrons. The third-order valence-corrected chi connectivity index (χ3v) is 6.67. The number of hydrogen-bond donors (Lipinski definition) is 1. The van der Waals surface area contributed by atoms with Crippen LogP contribution in [-0.4, -0.2) is 49.6 Å². The minimum absolute atomic E-state index is 0.00479. The van der Waals surface area contributed by atoms with E-state index >= 15 is 0 Å². The lowest BCUT2D eigenvalue weighted by molar-refractivity contribution is 0.0923. The fourth-order valence-corrected chi connectivity index (χ4v) is 4.90. The number of nitrogens with zero attached hydrogens (tertiary/aromatic N) is 3. The van der Waals surface area contributed by atoms with Crippen LogP contribution in [-0.2, 0) is 0 Å². The van der Waals surface area contributed by atoms with Crippen LogP contribution in [0.2, 0.25) is 0 Å². The average Bonchev–Trinajstić information content (AvgIpc) is 2.87. The summed E-state index contributed by atoms with van der Waals surface area (Å²) in [6.45, 7) is 7.29. The number of benzene rings is 3. The number of carbonyl (C=O) groups excluding carboxylic acids is 1. The van der Waals surface area contributed by atoms with Gasteiger partial charge in [-0.1, -0.05) is 60.7 Å². The van der Waals surface area contributed by atoms with E-state index in [2.05, 4.69) is 75.5 Å². The molecule has 0 bridgehead atoms. The van der Waals surface area contributed by atoms with Crippen molar-refractivity contribution in [2.75, 3.05) is 42.5 Å². The lowest BCUT2D eigenvalue weighted by atomic mass is 10.0. The largest absolute Gasteiger partial charge is 0.369 e. The van der Waals surface area contributed by atoms with Crippen LogP contribution < -0.4 is 15.1 Å². The van der Waals surface area contributed by atoms with Gasteiger partial charge in [0.25, 0.3) is 5.91 Å². The highest BCUT2D eigenvalue weighted by Gasteiger charge is 2.33. The number of anilines is 2. The van der Waals surface area contributed by atoms with Crippen molar-refractivity contribution in [3.63, 3.8) is 0 Å². The van der Waals surface area contributed by atoms with Crippen molar-refractivity contribution in [2.24, 2.45) is 0 Å². The van der Waals surface area contributed by atoms with Crippen LogP contribution in [0.3, 0.4) is 0 Å². The number of nitrogens with one attached hydrogen (secondary N) is 1. The van der Waals surface area contributed by atoms with Crippen molar-refractivity contribution in [2.45, 2.75) is 19.1 Å². The lowest BCUT2D eigenvalue weighted by Crippen LogP contribution is -2.55. The Hall–Kier alpha value is -3.31. The highest BCUT2D eigenvalue weighted by atomic mass is 16.2. The summed E-state index contributed by atoms with van der Waals surface area (Å²) in [5.74, 6) is -0.00479. The topological polar surface area (TPSA) is 38.8 Å². The molecule has 1 saturated heterocycles. The molecule has 2 unspecified atom stereocenters. The first-order valence-electron chi connectivity index (χ1n) is 11.5. The second-order valence-corrected chi connectivity index (χ2v) is 8.66.